The lowest BCUT2D eigenvalue weighted by Crippen LogP contribution is -2.05. The molecule has 4 heteroatoms. The Morgan fingerprint density at radius 2 is 1.29 bits per heavy atom. The zero-order chi connectivity index (χ0) is 34.6. The van der Waals surface area contributed by atoms with E-state index in [0.29, 0.717) is 5.92 Å². The molecule has 5 aromatic carbocycles. The quantitative estimate of drug-likeness (QED) is 0.183. The number of pyridine rings is 2. The molecule has 0 aliphatic heterocycles. The summed E-state index contributed by atoms with van der Waals surface area (Å²) in [5.41, 5.74) is 13.4. The van der Waals surface area contributed by atoms with E-state index in [1.807, 2.05) is 24.5 Å². The van der Waals surface area contributed by atoms with Crippen LogP contribution < -0.4 is 0 Å². The van der Waals surface area contributed by atoms with Crippen molar-refractivity contribution in [3.05, 3.63) is 181 Å². The van der Waals surface area contributed by atoms with Gasteiger partial charge in [0.25, 0.3) is 0 Å². The number of hydrogen-bond donors (Lipinski definition) is 0. The predicted octanol–water partition coefficient (Wildman–Crippen LogP) is 12.2. The number of aryl methyl sites for hydroxylation is 1. The molecule has 1 aliphatic rings. The van der Waals surface area contributed by atoms with Crippen molar-refractivity contribution in [1.82, 2.24) is 19.1 Å². The van der Waals surface area contributed by atoms with Crippen LogP contribution in [0.25, 0.3) is 66.1 Å². The summed E-state index contributed by atoms with van der Waals surface area (Å²) in [6.07, 6.45) is 9.32. The summed E-state index contributed by atoms with van der Waals surface area (Å²) in [6, 6.07) is 52.9. The number of benzene rings is 5. The molecule has 0 saturated heterocycles. The molecule has 1 aliphatic carbocycles. The number of hydrogen-bond acceptors (Lipinski definition) is 2. The molecule has 0 fully saturated rings. The smallest absolute Gasteiger partial charge is 0.0616 e. The van der Waals surface area contributed by atoms with Gasteiger partial charge in [-0.25, -0.2) is 0 Å². The minimum Gasteiger partial charge on any atom is -0.313 e. The summed E-state index contributed by atoms with van der Waals surface area (Å²) >= 11 is 0. The summed E-state index contributed by atoms with van der Waals surface area (Å²) < 4.78 is 5.00. The molecule has 4 aromatic heterocycles. The zero-order valence-corrected chi connectivity index (χ0v) is 29.2. The van der Waals surface area contributed by atoms with Gasteiger partial charge in [-0.1, -0.05) is 97.1 Å². The molecule has 0 amide bonds. The lowest BCUT2D eigenvalue weighted by atomic mass is 9.93. The van der Waals surface area contributed by atoms with Crippen molar-refractivity contribution in [2.24, 2.45) is 0 Å². The summed E-state index contributed by atoms with van der Waals surface area (Å²) in [5, 5.41) is 5.12. The molecular formula is C48H38N4. The van der Waals surface area contributed by atoms with Crippen LogP contribution in [-0.4, -0.2) is 19.1 Å². The van der Waals surface area contributed by atoms with Crippen molar-refractivity contribution in [2.45, 2.75) is 38.0 Å². The fourth-order valence-electron chi connectivity index (χ4n) is 8.80. The average Bonchev–Trinajstić information content (AvgIpc) is 3.63. The van der Waals surface area contributed by atoms with Crippen LogP contribution in [0.4, 0.5) is 0 Å². The average molecular weight is 671 g/mol. The van der Waals surface area contributed by atoms with E-state index in [1.54, 1.807) is 0 Å². The van der Waals surface area contributed by atoms with Gasteiger partial charge in [0.05, 0.1) is 22.1 Å². The van der Waals surface area contributed by atoms with Crippen molar-refractivity contribution in [3.63, 3.8) is 0 Å². The highest BCUT2D eigenvalue weighted by atomic mass is 15.0. The molecule has 4 heterocycles. The monoisotopic (exact) mass is 670 g/mol. The van der Waals surface area contributed by atoms with Gasteiger partial charge in [0.1, 0.15) is 0 Å². The van der Waals surface area contributed by atoms with Crippen molar-refractivity contribution in [1.29, 1.82) is 0 Å². The number of aromatic nitrogens is 4. The van der Waals surface area contributed by atoms with Crippen molar-refractivity contribution < 1.29 is 0 Å². The van der Waals surface area contributed by atoms with E-state index in [0.717, 1.165) is 30.7 Å². The number of allylic oxidation sites excluding steroid dienone is 2. The molecule has 0 bridgehead atoms. The normalized spacial score (nSPS) is 16.4. The minimum absolute atomic E-state index is 0.203. The van der Waals surface area contributed by atoms with Crippen LogP contribution in [0, 0.1) is 6.92 Å². The molecule has 9 aromatic rings. The van der Waals surface area contributed by atoms with Crippen LogP contribution in [0.1, 0.15) is 48.0 Å². The van der Waals surface area contributed by atoms with E-state index in [2.05, 4.69) is 156 Å². The van der Waals surface area contributed by atoms with Gasteiger partial charge >= 0.3 is 0 Å². The second-order valence-electron chi connectivity index (χ2n) is 14.2. The number of rotatable bonds is 5. The number of fused-ring (bicyclic) bond motifs is 6. The summed E-state index contributed by atoms with van der Waals surface area (Å²) in [6.45, 7) is 2.22. The van der Waals surface area contributed by atoms with E-state index >= 15 is 0 Å². The van der Waals surface area contributed by atoms with Crippen LogP contribution in [0.3, 0.4) is 0 Å². The third-order valence-electron chi connectivity index (χ3n) is 11.2. The first-order valence-electron chi connectivity index (χ1n) is 18.4. The molecule has 10 rings (SSSR count). The highest BCUT2D eigenvalue weighted by Gasteiger charge is 2.27. The van der Waals surface area contributed by atoms with Gasteiger partial charge in [0.2, 0.25) is 0 Å². The molecule has 0 saturated carbocycles. The second-order valence-corrected chi connectivity index (χ2v) is 14.2. The van der Waals surface area contributed by atoms with Gasteiger partial charge in [0, 0.05) is 74.1 Å². The van der Waals surface area contributed by atoms with E-state index in [-0.39, 0.29) is 5.92 Å². The maximum Gasteiger partial charge on any atom is 0.0616 e. The Labute approximate surface area is 303 Å². The first-order valence-corrected chi connectivity index (χ1v) is 18.4. The molecule has 1 unspecified atom stereocenters. The molecule has 0 spiro atoms. The second kappa shape index (κ2) is 12.5. The Morgan fingerprint density at radius 3 is 2.12 bits per heavy atom. The number of nitrogens with zero attached hydrogens (tertiary/aromatic N) is 4. The van der Waals surface area contributed by atoms with Gasteiger partial charge < -0.3 is 9.13 Å². The Morgan fingerprint density at radius 1 is 0.558 bits per heavy atom. The van der Waals surface area contributed by atoms with Gasteiger partial charge in [-0.05, 0) is 91.9 Å². The highest BCUT2D eigenvalue weighted by Crippen LogP contribution is 2.45. The predicted molar refractivity (Wildman–Crippen MR) is 216 cm³/mol. The highest BCUT2D eigenvalue weighted by molar-refractivity contribution is 6.16. The van der Waals surface area contributed by atoms with Gasteiger partial charge in [-0.2, -0.15) is 0 Å². The topological polar surface area (TPSA) is 35.6 Å². The largest absolute Gasteiger partial charge is 0.313 e. The molecule has 0 N–H and O–H groups in total. The Kier molecular flexibility index (Phi) is 7.35. The van der Waals surface area contributed by atoms with Crippen LogP contribution in [-0.2, 0) is 0 Å². The first kappa shape index (κ1) is 30.6. The zero-order valence-electron chi connectivity index (χ0n) is 29.2. The lowest BCUT2D eigenvalue weighted by Gasteiger charge is -2.19. The fourth-order valence-corrected chi connectivity index (χ4v) is 8.80. The van der Waals surface area contributed by atoms with Gasteiger partial charge in [0.15, 0.2) is 0 Å². The van der Waals surface area contributed by atoms with E-state index in [4.69, 9.17) is 9.97 Å². The van der Waals surface area contributed by atoms with Crippen LogP contribution in [0.15, 0.2) is 164 Å². The van der Waals surface area contributed by atoms with Crippen LogP contribution in [0.2, 0.25) is 0 Å². The van der Waals surface area contributed by atoms with Crippen molar-refractivity contribution >= 4 is 49.3 Å². The van der Waals surface area contributed by atoms with E-state index < -0.39 is 0 Å². The molecule has 52 heavy (non-hydrogen) atoms. The summed E-state index contributed by atoms with van der Waals surface area (Å²) in [5.74, 6) is 0.500. The molecule has 4 nitrogen and oxygen atoms in total. The SMILES string of the molecule is Cc1cccc2c1c1ccc(-c3cccc4c5ccccc5n(C5=C[C@H](c6ccccn6)CCC(c6ccccn6)C5)c34)cc1n2-c1ccccc1. The van der Waals surface area contributed by atoms with Crippen LogP contribution >= 0.6 is 0 Å². The van der Waals surface area contributed by atoms with Crippen LogP contribution in [0.5, 0.6) is 0 Å². The Balaban J connectivity index is 1.24. The molecular weight excluding hydrogens is 633 g/mol. The lowest BCUT2D eigenvalue weighted by molar-refractivity contribution is 0.574. The molecule has 250 valence electrons. The van der Waals surface area contributed by atoms with E-state index in [9.17, 15) is 0 Å². The van der Waals surface area contributed by atoms with Crippen molar-refractivity contribution in [3.8, 4) is 16.8 Å². The maximum atomic E-state index is 4.88. The molecule has 0 radical (unpaired) electrons. The Hall–Kier alpha value is -6.26. The third-order valence-corrected chi connectivity index (χ3v) is 11.2. The van der Waals surface area contributed by atoms with E-state index in [1.165, 1.54) is 71.7 Å². The van der Waals surface area contributed by atoms with Gasteiger partial charge in [-0.3, -0.25) is 9.97 Å². The Bertz CT molecular complexity index is 2770. The summed E-state index contributed by atoms with van der Waals surface area (Å²) in [7, 11) is 0. The summed E-state index contributed by atoms with van der Waals surface area (Å²) in [4.78, 5) is 9.74. The standard InChI is InChI=1S/C48H38N4/c1-32-13-11-22-45-47(32)41-26-25-33(31-46(41)51(45)36-14-3-2-4-15-36)38-17-12-18-40-39-16-5-6-21-44(39)52(48(38)40)37-29-34(42-19-7-9-27-49-42)23-24-35(30-37)43-20-8-10-28-50-43/h2-22,25-29,31,34-35H,23-24,30H2,1H3/t34-,35?/m1/s1. The van der Waals surface area contributed by atoms with Gasteiger partial charge in [-0.15, -0.1) is 0 Å². The molecule has 2 atom stereocenters. The minimum atomic E-state index is 0.203. The fraction of sp³-hybridized carbons (Fsp3) is 0.125. The third kappa shape index (κ3) is 4.97. The maximum absolute atomic E-state index is 4.88. The number of para-hydroxylation sites is 3. The van der Waals surface area contributed by atoms with Crippen molar-refractivity contribution in [2.75, 3.05) is 0 Å². The first-order chi connectivity index (χ1) is 25.7.